The van der Waals surface area contributed by atoms with Gasteiger partial charge in [-0.05, 0) is 51.6 Å². The van der Waals surface area contributed by atoms with Crippen LogP contribution in [0.5, 0.6) is 0 Å². The van der Waals surface area contributed by atoms with E-state index in [1.165, 1.54) is 38.5 Å². The fourth-order valence-corrected chi connectivity index (χ4v) is 3.42. The molecule has 0 radical (unpaired) electrons. The van der Waals surface area contributed by atoms with E-state index in [1.54, 1.807) is 0 Å². The molecule has 110 valence electrons. The molecule has 3 nitrogen and oxygen atoms in total. The molecule has 0 atom stereocenters. The summed E-state index contributed by atoms with van der Waals surface area (Å²) in [6.07, 6.45) is 9.87. The van der Waals surface area contributed by atoms with Crippen LogP contribution in [0.1, 0.15) is 65.2 Å². The van der Waals surface area contributed by atoms with E-state index in [-0.39, 0.29) is 0 Å². The first-order valence-corrected chi connectivity index (χ1v) is 8.29. The highest BCUT2D eigenvalue weighted by atomic mass is 16.2. The van der Waals surface area contributed by atoms with Crippen molar-refractivity contribution in [2.45, 2.75) is 77.3 Å². The summed E-state index contributed by atoms with van der Waals surface area (Å²) in [7, 11) is 0. The lowest BCUT2D eigenvalue weighted by Gasteiger charge is -2.31. The van der Waals surface area contributed by atoms with Gasteiger partial charge >= 0.3 is 0 Å². The summed E-state index contributed by atoms with van der Waals surface area (Å²) in [5.41, 5.74) is 0. The molecular weight excluding hydrogens is 236 g/mol. The van der Waals surface area contributed by atoms with E-state index in [9.17, 15) is 4.79 Å². The van der Waals surface area contributed by atoms with Gasteiger partial charge in [0.05, 0.1) is 6.54 Å². The van der Waals surface area contributed by atoms with E-state index in [4.69, 9.17) is 0 Å². The summed E-state index contributed by atoms with van der Waals surface area (Å²) in [4.78, 5) is 17.3. The molecule has 2 saturated carbocycles. The second kappa shape index (κ2) is 7.28. The van der Waals surface area contributed by atoms with Crippen LogP contribution in [-0.2, 0) is 4.79 Å². The van der Waals surface area contributed by atoms with Gasteiger partial charge < -0.3 is 4.90 Å². The Labute approximate surface area is 118 Å². The largest absolute Gasteiger partial charge is 0.336 e. The Morgan fingerprint density at radius 2 is 1.47 bits per heavy atom. The molecule has 0 aromatic heterocycles. The predicted octanol–water partition coefficient (Wildman–Crippen LogP) is 3.04. The zero-order chi connectivity index (χ0) is 13.7. The van der Waals surface area contributed by atoms with E-state index in [0.29, 0.717) is 24.5 Å². The summed E-state index contributed by atoms with van der Waals surface area (Å²) < 4.78 is 0. The van der Waals surface area contributed by atoms with Crippen LogP contribution in [0.25, 0.3) is 0 Å². The van der Waals surface area contributed by atoms with Crippen LogP contribution in [0.4, 0.5) is 0 Å². The van der Waals surface area contributed by atoms with Crippen molar-refractivity contribution in [3.8, 4) is 0 Å². The smallest absolute Gasteiger partial charge is 0.237 e. The maximum absolute atomic E-state index is 12.7. The third-order valence-electron chi connectivity index (χ3n) is 4.38. The summed E-state index contributed by atoms with van der Waals surface area (Å²) >= 11 is 0. The first kappa shape index (κ1) is 14.8. The maximum Gasteiger partial charge on any atom is 0.237 e. The highest BCUT2D eigenvalue weighted by Crippen LogP contribution is 2.34. The Balaban J connectivity index is 1.90. The van der Waals surface area contributed by atoms with Crippen LogP contribution in [0.3, 0.4) is 0 Å². The van der Waals surface area contributed by atoms with E-state index in [0.717, 1.165) is 25.9 Å². The molecule has 2 aliphatic rings. The van der Waals surface area contributed by atoms with Crippen molar-refractivity contribution in [3.63, 3.8) is 0 Å². The number of carbonyl (C=O) groups excluding carboxylic acids is 1. The molecule has 0 spiro atoms. The van der Waals surface area contributed by atoms with Crippen molar-refractivity contribution in [1.29, 1.82) is 0 Å². The summed E-state index contributed by atoms with van der Waals surface area (Å²) in [5, 5.41) is 0. The van der Waals surface area contributed by atoms with Crippen LogP contribution < -0.4 is 0 Å². The van der Waals surface area contributed by atoms with Gasteiger partial charge in [0.25, 0.3) is 0 Å². The second-order valence-electron chi connectivity index (χ2n) is 6.25. The van der Waals surface area contributed by atoms with Gasteiger partial charge in [0, 0.05) is 12.1 Å². The van der Waals surface area contributed by atoms with Crippen LogP contribution in [0.15, 0.2) is 0 Å². The fourth-order valence-electron chi connectivity index (χ4n) is 3.42. The quantitative estimate of drug-likeness (QED) is 0.674. The van der Waals surface area contributed by atoms with Crippen molar-refractivity contribution in [1.82, 2.24) is 9.80 Å². The zero-order valence-electron chi connectivity index (χ0n) is 12.7. The van der Waals surface area contributed by atoms with Crippen LogP contribution in [0, 0.1) is 0 Å². The zero-order valence-corrected chi connectivity index (χ0v) is 12.7. The van der Waals surface area contributed by atoms with E-state index in [2.05, 4.69) is 23.6 Å². The SMILES string of the molecule is CCCN(CCC)CC(=O)N(C1CCCC1)C1CC1. The van der Waals surface area contributed by atoms with Gasteiger partial charge in [-0.25, -0.2) is 0 Å². The Morgan fingerprint density at radius 1 is 0.947 bits per heavy atom. The maximum atomic E-state index is 12.7. The minimum atomic E-state index is 0.399. The molecule has 3 heteroatoms. The van der Waals surface area contributed by atoms with Gasteiger partial charge in [-0.1, -0.05) is 26.7 Å². The van der Waals surface area contributed by atoms with Gasteiger partial charge in [-0.3, -0.25) is 9.69 Å². The third kappa shape index (κ3) is 4.20. The van der Waals surface area contributed by atoms with Crippen molar-refractivity contribution >= 4 is 5.91 Å². The first-order valence-electron chi connectivity index (χ1n) is 8.29. The highest BCUT2D eigenvalue weighted by Gasteiger charge is 2.38. The van der Waals surface area contributed by atoms with Crippen molar-refractivity contribution < 1.29 is 4.79 Å². The molecule has 2 fully saturated rings. The fraction of sp³-hybridized carbons (Fsp3) is 0.938. The Bertz CT molecular complexity index is 276. The minimum Gasteiger partial charge on any atom is -0.336 e. The molecule has 2 rings (SSSR count). The summed E-state index contributed by atoms with van der Waals surface area (Å²) in [6.45, 7) is 7.16. The van der Waals surface area contributed by atoms with Crippen molar-refractivity contribution in [2.75, 3.05) is 19.6 Å². The molecule has 19 heavy (non-hydrogen) atoms. The number of rotatable bonds is 8. The molecule has 0 N–H and O–H groups in total. The molecule has 0 unspecified atom stereocenters. The van der Waals surface area contributed by atoms with Gasteiger partial charge in [0.1, 0.15) is 0 Å². The van der Waals surface area contributed by atoms with Gasteiger partial charge in [-0.2, -0.15) is 0 Å². The number of nitrogens with zero attached hydrogens (tertiary/aromatic N) is 2. The van der Waals surface area contributed by atoms with Gasteiger partial charge in [0.2, 0.25) is 5.91 Å². The lowest BCUT2D eigenvalue weighted by molar-refractivity contribution is -0.135. The molecular formula is C16H30N2O. The van der Waals surface area contributed by atoms with E-state index >= 15 is 0 Å². The summed E-state index contributed by atoms with van der Waals surface area (Å²) in [6, 6.07) is 1.14. The highest BCUT2D eigenvalue weighted by molar-refractivity contribution is 5.79. The Hall–Kier alpha value is -0.570. The van der Waals surface area contributed by atoms with Crippen LogP contribution in [0.2, 0.25) is 0 Å². The normalized spacial score (nSPS) is 20.2. The minimum absolute atomic E-state index is 0.399. The van der Waals surface area contributed by atoms with Crippen molar-refractivity contribution in [2.24, 2.45) is 0 Å². The monoisotopic (exact) mass is 266 g/mol. The molecule has 0 bridgehead atoms. The second-order valence-corrected chi connectivity index (χ2v) is 6.25. The number of amides is 1. The Kier molecular flexibility index (Phi) is 5.68. The lowest BCUT2D eigenvalue weighted by atomic mass is 10.2. The average Bonchev–Trinajstić information content (AvgIpc) is 3.05. The number of carbonyl (C=O) groups is 1. The van der Waals surface area contributed by atoms with Crippen LogP contribution in [-0.4, -0.2) is 47.4 Å². The molecule has 0 saturated heterocycles. The van der Waals surface area contributed by atoms with Crippen LogP contribution >= 0.6 is 0 Å². The summed E-state index contributed by atoms with van der Waals surface area (Å²) in [5.74, 6) is 0.399. The molecule has 0 aromatic carbocycles. The van der Waals surface area contributed by atoms with Gasteiger partial charge in [0.15, 0.2) is 0 Å². The predicted molar refractivity (Wildman–Crippen MR) is 79.1 cm³/mol. The van der Waals surface area contributed by atoms with Gasteiger partial charge in [-0.15, -0.1) is 0 Å². The molecule has 1 amide bonds. The standard InChI is InChI=1S/C16H30N2O/c1-3-11-17(12-4-2)13-16(19)18(15-9-10-15)14-7-5-6-8-14/h14-15H,3-13H2,1-2H3. The first-order chi connectivity index (χ1) is 9.26. The molecule has 0 aliphatic heterocycles. The molecule has 0 aromatic rings. The average molecular weight is 266 g/mol. The van der Waals surface area contributed by atoms with Crippen molar-refractivity contribution in [3.05, 3.63) is 0 Å². The van der Waals surface area contributed by atoms with E-state index in [1.807, 2.05) is 0 Å². The molecule has 0 heterocycles. The number of hydrogen-bond donors (Lipinski definition) is 0. The topological polar surface area (TPSA) is 23.6 Å². The lowest BCUT2D eigenvalue weighted by Crippen LogP contribution is -2.46. The Morgan fingerprint density at radius 3 is 1.95 bits per heavy atom. The van der Waals surface area contributed by atoms with E-state index < -0.39 is 0 Å². The molecule has 2 aliphatic carbocycles. The number of hydrogen-bond acceptors (Lipinski definition) is 2. The third-order valence-corrected chi connectivity index (χ3v) is 4.38.